The van der Waals surface area contributed by atoms with Crippen LogP contribution in [0.4, 0.5) is 10.2 Å². The molecule has 3 aromatic rings. The van der Waals surface area contributed by atoms with Gasteiger partial charge in [-0.25, -0.2) is 17.8 Å². The Morgan fingerprint density at radius 3 is 2.67 bits per heavy atom. The van der Waals surface area contributed by atoms with Gasteiger partial charge in [-0.05, 0) is 24.6 Å². The number of nitrogens with one attached hydrogen (secondary N) is 1. The maximum Gasteiger partial charge on any atom is 0.250 e. The van der Waals surface area contributed by atoms with Crippen LogP contribution in [0, 0.1) is 5.82 Å². The standard InChI is InChI=1S/C19H18ClFN4O4S/c1-3-9-30(27,28)24-15-10-16(29-18-13(20)5-4-6-14(18)21)23-19(22-15)12-7-8-17(26)25(2)11-12/h4-8,10-11H,3,9H2,1-2H3,(H,22,23,24). The Balaban J connectivity index is 2.10. The fraction of sp³-hybridized carbons (Fsp3) is 0.211. The third kappa shape index (κ3) is 5.14. The fourth-order valence-corrected chi connectivity index (χ4v) is 3.81. The smallest absolute Gasteiger partial charge is 0.250 e. The molecule has 0 spiro atoms. The van der Waals surface area contributed by atoms with Crippen molar-refractivity contribution >= 4 is 27.4 Å². The lowest BCUT2D eigenvalue weighted by Gasteiger charge is -2.12. The van der Waals surface area contributed by atoms with Crippen molar-refractivity contribution in [1.82, 2.24) is 14.5 Å². The first-order valence-corrected chi connectivity index (χ1v) is 10.9. The Bertz CT molecular complexity index is 1230. The number of anilines is 1. The van der Waals surface area contributed by atoms with E-state index in [2.05, 4.69) is 14.7 Å². The van der Waals surface area contributed by atoms with Crippen LogP contribution >= 0.6 is 11.6 Å². The highest BCUT2D eigenvalue weighted by atomic mass is 35.5. The van der Waals surface area contributed by atoms with Crippen LogP contribution in [0.5, 0.6) is 11.6 Å². The van der Waals surface area contributed by atoms with Gasteiger partial charge in [0.05, 0.1) is 10.8 Å². The number of rotatable bonds is 7. The maximum atomic E-state index is 14.1. The topological polar surface area (TPSA) is 103 Å². The molecule has 0 aliphatic heterocycles. The normalized spacial score (nSPS) is 11.3. The first-order chi connectivity index (χ1) is 14.2. The largest absolute Gasteiger partial charge is 0.434 e. The lowest BCUT2D eigenvalue weighted by molar-refractivity contribution is 0.427. The molecular weight excluding hydrogens is 435 g/mol. The van der Waals surface area contributed by atoms with Crippen molar-refractivity contribution in [1.29, 1.82) is 0 Å². The zero-order chi connectivity index (χ0) is 21.9. The first-order valence-electron chi connectivity index (χ1n) is 8.87. The molecule has 0 amide bonds. The summed E-state index contributed by atoms with van der Waals surface area (Å²) in [6, 6.07) is 8.07. The average molecular weight is 453 g/mol. The number of ether oxygens (including phenoxy) is 1. The van der Waals surface area contributed by atoms with Crippen LogP contribution in [-0.4, -0.2) is 28.7 Å². The number of halogens is 2. The van der Waals surface area contributed by atoms with E-state index in [-0.39, 0.29) is 39.6 Å². The number of aryl methyl sites for hydroxylation is 1. The zero-order valence-corrected chi connectivity index (χ0v) is 17.7. The molecule has 0 fully saturated rings. The van der Waals surface area contributed by atoms with Gasteiger partial charge >= 0.3 is 0 Å². The second kappa shape index (κ2) is 8.80. The summed E-state index contributed by atoms with van der Waals surface area (Å²) in [5.41, 5.74) is 0.186. The van der Waals surface area contributed by atoms with Crippen LogP contribution in [0.1, 0.15) is 13.3 Å². The summed E-state index contributed by atoms with van der Waals surface area (Å²) in [4.78, 5) is 20.1. The predicted molar refractivity (Wildman–Crippen MR) is 112 cm³/mol. The highest BCUT2D eigenvalue weighted by Gasteiger charge is 2.17. The molecule has 0 saturated heterocycles. The molecule has 0 aliphatic carbocycles. The molecule has 0 saturated carbocycles. The molecule has 30 heavy (non-hydrogen) atoms. The molecular formula is C19H18ClFN4O4S. The summed E-state index contributed by atoms with van der Waals surface area (Å²) >= 11 is 6.00. The molecule has 1 N–H and O–H groups in total. The highest BCUT2D eigenvalue weighted by Crippen LogP contribution is 2.32. The Labute approximate surface area is 177 Å². The fourth-order valence-electron chi connectivity index (χ4n) is 2.55. The molecule has 3 rings (SSSR count). The van der Waals surface area contributed by atoms with E-state index in [9.17, 15) is 17.6 Å². The first kappa shape index (κ1) is 21.7. The van der Waals surface area contributed by atoms with Crippen molar-refractivity contribution in [2.45, 2.75) is 13.3 Å². The van der Waals surface area contributed by atoms with Crippen molar-refractivity contribution in [2.75, 3.05) is 10.5 Å². The van der Waals surface area contributed by atoms with E-state index >= 15 is 0 Å². The lowest BCUT2D eigenvalue weighted by Crippen LogP contribution is -2.18. The third-order valence-corrected chi connectivity index (χ3v) is 5.67. The molecule has 158 valence electrons. The number of aromatic nitrogens is 3. The molecule has 8 nitrogen and oxygen atoms in total. The molecule has 0 radical (unpaired) electrons. The number of pyridine rings is 1. The molecule has 1 aromatic carbocycles. The Morgan fingerprint density at radius 2 is 2.00 bits per heavy atom. The van der Waals surface area contributed by atoms with Gasteiger partial charge in [-0.1, -0.05) is 24.6 Å². The monoisotopic (exact) mass is 452 g/mol. The van der Waals surface area contributed by atoms with E-state index in [1.807, 2.05) is 0 Å². The minimum Gasteiger partial charge on any atom is -0.434 e. The van der Waals surface area contributed by atoms with Crippen molar-refractivity contribution in [2.24, 2.45) is 7.05 Å². The molecule has 0 atom stereocenters. The van der Waals surface area contributed by atoms with Crippen molar-refractivity contribution in [3.63, 3.8) is 0 Å². The van der Waals surface area contributed by atoms with Crippen LogP contribution in [-0.2, 0) is 17.1 Å². The van der Waals surface area contributed by atoms with Crippen molar-refractivity contribution < 1.29 is 17.5 Å². The summed E-state index contributed by atoms with van der Waals surface area (Å²) in [5.74, 6) is -1.20. The summed E-state index contributed by atoms with van der Waals surface area (Å²) in [6.45, 7) is 1.73. The predicted octanol–water partition coefficient (Wildman–Crippen LogP) is 3.58. The second-order valence-electron chi connectivity index (χ2n) is 6.36. The molecule has 11 heteroatoms. The number of para-hydroxylation sites is 1. The highest BCUT2D eigenvalue weighted by molar-refractivity contribution is 7.92. The van der Waals surface area contributed by atoms with Gasteiger partial charge in [0.15, 0.2) is 17.4 Å². The van der Waals surface area contributed by atoms with Gasteiger partial charge < -0.3 is 9.30 Å². The zero-order valence-electron chi connectivity index (χ0n) is 16.1. The van der Waals surface area contributed by atoms with Gasteiger partial charge in [0.25, 0.3) is 0 Å². The van der Waals surface area contributed by atoms with Gasteiger partial charge in [-0.3, -0.25) is 9.52 Å². The minimum absolute atomic E-state index is 0.0189. The molecule has 0 bridgehead atoms. The van der Waals surface area contributed by atoms with E-state index in [1.165, 1.54) is 47.2 Å². The number of hydrogen-bond acceptors (Lipinski definition) is 6. The van der Waals surface area contributed by atoms with Crippen LogP contribution in [0.25, 0.3) is 11.4 Å². The Morgan fingerprint density at radius 1 is 1.23 bits per heavy atom. The average Bonchev–Trinajstić information content (AvgIpc) is 2.66. The summed E-state index contributed by atoms with van der Waals surface area (Å²) < 4.78 is 47.7. The van der Waals surface area contributed by atoms with Crippen LogP contribution < -0.4 is 15.0 Å². The van der Waals surface area contributed by atoms with Gasteiger partial charge in [-0.2, -0.15) is 4.98 Å². The summed E-state index contributed by atoms with van der Waals surface area (Å²) in [6.07, 6.45) is 1.89. The summed E-state index contributed by atoms with van der Waals surface area (Å²) in [5, 5.41) is 0.0189. The molecule has 2 aromatic heterocycles. The van der Waals surface area contributed by atoms with Crippen LogP contribution in [0.15, 0.2) is 47.4 Å². The maximum absolute atomic E-state index is 14.1. The van der Waals surface area contributed by atoms with E-state index < -0.39 is 15.8 Å². The number of benzene rings is 1. The molecule has 0 unspecified atom stereocenters. The second-order valence-corrected chi connectivity index (χ2v) is 8.60. The van der Waals surface area contributed by atoms with E-state index in [1.54, 1.807) is 14.0 Å². The molecule has 0 aliphatic rings. The molecule has 2 heterocycles. The van der Waals surface area contributed by atoms with Gasteiger partial charge in [-0.15, -0.1) is 0 Å². The SMILES string of the molecule is CCCS(=O)(=O)Nc1cc(Oc2c(F)cccc2Cl)nc(-c2ccc(=O)n(C)c2)n1. The minimum atomic E-state index is -3.66. The van der Waals surface area contributed by atoms with Gasteiger partial charge in [0.2, 0.25) is 21.5 Å². The van der Waals surface area contributed by atoms with Crippen molar-refractivity contribution in [3.05, 3.63) is 63.8 Å². The number of hydrogen-bond donors (Lipinski definition) is 1. The quantitative estimate of drug-likeness (QED) is 0.587. The Hall–Kier alpha value is -2.98. The number of sulfonamides is 1. The van der Waals surface area contributed by atoms with Gasteiger partial charge in [0, 0.05) is 30.9 Å². The Kier molecular flexibility index (Phi) is 6.37. The van der Waals surface area contributed by atoms with E-state index in [0.717, 1.165) is 0 Å². The van der Waals surface area contributed by atoms with Crippen LogP contribution in [0.3, 0.4) is 0 Å². The lowest BCUT2D eigenvalue weighted by atomic mass is 10.2. The number of nitrogens with zero attached hydrogens (tertiary/aromatic N) is 3. The summed E-state index contributed by atoms with van der Waals surface area (Å²) in [7, 11) is -2.10. The van der Waals surface area contributed by atoms with E-state index in [4.69, 9.17) is 16.3 Å². The third-order valence-electron chi connectivity index (χ3n) is 3.91. The van der Waals surface area contributed by atoms with Gasteiger partial charge in [0.1, 0.15) is 5.82 Å². The van der Waals surface area contributed by atoms with E-state index in [0.29, 0.717) is 12.0 Å². The van der Waals surface area contributed by atoms with Crippen molar-refractivity contribution in [3.8, 4) is 23.0 Å². The van der Waals surface area contributed by atoms with Crippen LogP contribution in [0.2, 0.25) is 5.02 Å².